The summed E-state index contributed by atoms with van der Waals surface area (Å²) >= 11 is 0. The number of hydrogen-bond acceptors (Lipinski definition) is 3. The molecular weight excluding hydrogens is 290 g/mol. The molecule has 1 amide bonds. The number of imidazole rings is 1. The largest absolute Gasteiger partial charge is 0.396 e. The van der Waals surface area contributed by atoms with E-state index in [0.29, 0.717) is 18.5 Å². The zero-order chi connectivity index (χ0) is 16.1. The molecule has 0 aliphatic rings. The van der Waals surface area contributed by atoms with E-state index in [1.165, 1.54) is 0 Å². The van der Waals surface area contributed by atoms with Gasteiger partial charge in [0.1, 0.15) is 0 Å². The molecule has 2 aromatic heterocycles. The molecule has 118 valence electrons. The van der Waals surface area contributed by atoms with Crippen molar-refractivity contribution in [1.29, 1.82) is 0 Å². The minimum atomic E-state index is -0.118. The van der Waals surface area contributed by atoms with E-state index < -0.39 is 0 Å². The number of amides is 1. The molecule has 1 atom stereocenters. The SMILES string of the molecule is O=C(NCC(CCO)c1ccccc1)c1ccn2cncc2c1. The Bertz CT molecular complexity index is 783. The van der Waals surface area contributed by atoms with Gasteiger partial charge >= 0.3 is 0 Å². The highest BCUT2D eigenvalue weighted by atomic mass is 16.3. The van der Waals surface area contributed by atoms with Crippen LogP contribution in [0.5, 0.6) is 0 Å². The number of nitrogens with one attached hydrogen (secondary N) is 1. The molecule has 3 aromatic rings. The van der Waals surface area contributed by atoms with Gasteiger partial charge in [-0.3, -0.25) is 4.79 Å². The summed E-state index contributed by atoms with van der Waals surface area (Å²) in [6.45, 7) is 0.588. The second-order valence-electron chi connectivity index (χ2n) is 5.47. The fraction of sp³-hybridized carbons (Fsp3) is 0.222. The number of aromatic nitrogens is 2. The highest BCUT2D eigenvalue weighted by Gasteiger charge is 2.13. The van der Waals surface area contributed by atoms with Crippen molar-refractivity contribution < 1.29 is 9.90 Å². The third kappa shape index (κ3) is 3.57. The summed E-state index contributed by atoms with van der Waals surface area (Å²) in [6.07, 6.45) is 5.85. The molecule has 5 heteroatoms. The van der Waals surface area contributed by atoms with E-state index in [-0.39, 0.29) is 18.4 Å². The van der Waals surface area contributed by atoms with Crippen molar-refractivity contribution in [3.63, 3.8) is 0 Å². The first-order valence-electron chi connectivity index (χ1n) is 7.63. The van der Waals surface area contributed by atoms with Crippen LogP contribution in [0.25, 0.3) is 5.52 Å². The van der Waals surface area contributed by atoms with Crippen LogP contribution in [-0.4, -0.2) is 33.6 Å². The second-order valence-corrected chi connectivity index (χ2v) is 5.47. The van der Waals surface area contributed by atoms with Gasteiger partial charge in [-0.15, -0.1) is 0 Å². The molecule has 0 saturated carbocycles. The Morgan fingerprint density at radius 3 is 2.87 bits per heavy atom. The van der Waals surface area contributed by atoms with Gasteiger partial charge in [-0.2, -0.15) is 0 Å². The van der Waals surface area contributed by atoms with Gasteiger partial charge in [0.15, 0.2) is 0 Å². The molecule has 0 bridgehead atoms. The number of nitrogens with zero attached hydrogens (tertiary/aromatic N) is 2. The van der Waals surface area contributed by atoms with Gasteiger partial charge in [0.25, 0.3) is 5.91 Å². The van der Waals surface area contributed by atoms with Gasteiger partial charge in [-0.05, 0) is 24.1 Å². The van der Waals surface area contributed by atoms with Crippen LogP contribution in [0.15, 0.2) is 61.2 Å². The van der Waals surface area contributed by atoms with E-state index in [1.807, 2.05) is 47.0 Å². The van der Waals surface area contributed by atoms with E-state index in [2.05, 4.69) is 10.3 Å². The quantitative estimate of drug-likeness (QED) is 0.734. The number of fused-ring (bicyclic) bond motifs is 1. The normalized spacial score (nSPS) is 12.2. The van der Waals surface area contributed by atoms with Crippen molar-refractivity contribution in [2.75, 3.05) is 13.2 Å². The van der Waals surface area contributed by atoms with Crippen LogP contribution in [0.2, 0.25) is 0 Å². The maximum atomic E-state index is 12.3. The maximum Gasteiger partial charge on any atom is 0.251 e. The van der Waals surface area contributed by atoms with E-state index in [4.69, 9.17) is 0 Å². The summed E-state index contributed by atoms with van der Waals surface area (Å²) in [5, 5.41) is 12.2. The molecule has 1 aromatic carbocycles. The number of carbonyl (C=O) groups excluding carboxylic acids is 1. The number of carbonyl (C=O) groups is 1. The van der Waals surface area contributed by atoms with Crippen LogP contribution >= 0.6 is 0 Å². The molecule has 2 N–H and O–H groups in total. The Labute approximate surface area is 134 Å². The number of hydrogen-bond donors (Lipinski definition) is 2. The molecule has 2 heterocycles. The Kier molecular flexibility index (Phi) is 4.68. The molecule has 0 radical (unpaired) electrons. The predicted octanol–water partition coefficient (Wildman–Crippen LogP) is 2.23. The Hall–Kier alpha value is -2.66. The number of benzene rings is 1. The van der Waals surface area contributed by atoms with Gasteiger partial charge in [-0.25, -0.2) is 4.98 Å². The van der Waals surface area contributed by atoms with Crippen molar-refractivity contribution in [3.05, 3.63) is 72.3 Å². The minimum Gasteiger partial charge on any atom is -0.396 e. The Morgan fingerprint density at radius 2 is 2.09 bits per heavy atom. The Morgan fingerprint density at radius 1 is 1.26 bits per heavy atom. The summed E-state index contributed by atoms with van der Waals surface area (Å²) in [5.41, 5.74) is 2.61. The van der Waals surface area contributed by atoms with E-state index in [9.17, 15) is 9.90 Å². The van der Waals surface area contributed by atoms with Crippen molar-refractivity contribution >= 4 is 11.4 Å². The van der Waals surface area contributed by atoms with Gasteiger partial charge in [0.05, 0.1) is 18.0 Å². The second kappa shape index (κ2) is 7.07. The molecule has 0 spiro atoms. The summed E-state index contributed by atoms with van der Waals surface area (Å²) in [4.78, 5) is 16.4. The summed E-state index contributed by atoms with van der Waals surface area (Å²) in [6, 6.07) is 13.5. The van der Waals surface area contributed by atoms with Crippen molar-refractivity contribution in [1.82, 2.24) is 14.7 Å². The predicted molar refractivity (Wildman–Crippen MR) is 88.4 cm³/mol. The third-order valence-electron chi connectivity index (χ3n) is 3.93. The molecular formula is C18H19N3O2. The van der Waals surface area contributed by atoms with Crippen molar-refractivity contribution in [3.8, 4) is 0 Å². The Balaban J connectivity index is 1.68. The first kappa shape index (κ1) is 15.2. The number of rotatable bonds is 6. The van der Waals surface area contributed by atoms with E-state index >= 15 is 0 Å². The lowest BCUT2D eigenvalue weighted by atomic mass is 9.96. The molecule has 0 saturated heterocycles. The third-order valence-corrected chi connectivity index (χ3v) is 3.93. The van der Waals surface area contributed by atoms with Crippen LogP contribution in [0.4, 0.5) is 0 Å². The number of aliphatic hydroxyl groups excluding tert-OH is 1. The smallest absolute Gasteiger partial charge is 0.251 e. The summed E-state index contributed by atoms with van der Waals surface area (Å²) < 4.78 is 1.86. The maximum absolute atomic E-state index is 12.3. The molecule has 23 heavy (non-hydrogen) atoms. The monoisotopic (exact) mass is 309 g/mol. The summed E-state index contributed by atoms with van der Waals surface area (Å²) in [5.74, 6) is -0.0172. The first-order chi connectivity index (χ1) is 11.3. The van der Waals surface area contributed by atoms with Crippen molar-refractivity contribution in [2.24, 2.45) is 0 Å². The lowest BCUT2D eigenvalue weighted by Gasteiger charge is -2.17. The lowest BCUT2D eigenvalue weighted by molar-refractivity contribution is 0.0949. The molecule has 3 rings (SSSR count). The van der Waals surface area contributed by atoms with Gasteiger partial charge in [-0.1, -0.05) is 30.3 Å². The van der Waals surface area contributed by atoms with Gasteiger partial charge in [0, 0.05) is 30.8 Å². The average molecular weight is 309 g/mol. The topological polar surface area (TPSA) is 66.6 Å². The van der Waals surface area contributed by atoms with Crippen molar-refractivity contribution in [2.45, 2.75) is 12.3 Å². The van der Waals surface area contributed by atoms with Crippen LogP contribution in [0.1, 0.15) is 28.3 Å². The van der Waals surface area contributed by atoms with Crippen LogP contribution in [0.3, 0.4) is 0 Å². The fourth-order valence-corrected chi connectivity index (χ4v) is 2.65. The molecule has 5 nitrogen and oxygen atoms in total. The molecule has 0 aliphatic heterocycles. The van der Waals surface area contributed by atoms with Gasteiger partial charge in [0.2, 0.25) is 0 Å². The molecule has 1 unspecified atom stereocenters. The number of aliphatic hydroxyl groups is 1. The molecule has 0 aliphatic carbocycles. The molecule has 0 fully saturated rings. The fourth-order valence-electron chi connectivity index (χ4n) is 2.65. The van der Waals surface area contributed by atoms with Crippen LogP contribution < -0.4 is 5.32 Å². The first-order valence-corrected chi connectivity index (χ1v) is 7.63. The minimum absolute atomic E-state index is 0.0945. The zero-order valence-electron chi connectivity index (χ0n) is 12.7. The highest BCUT2D eigenvalue weighted by Crippen LogP contribution is 2.18. The van der Waals surface area contributed by atoms with Gasteiger partial charge < -0.3 is 14.8 Å². The van der Waals surface area contributed by atoms with Crippen LogP contribution in [0, 0.1) is 0 Å². The number of pyridine rings is 1. The highest BCUT2D eigenvalue weighted by molar-refractivity contribution is 5.95. The van der Waals surface area contributed by atoms with Crippen LogP contribution in [-0.2, 0) is 0 Å². The van der Waals surface area contributed by atoms with E-state index in [1.54, 1.807) is 18.6 Å². The van der Waals surface area contributed by atoms with E-state index in [0.717, 1.165) is 11.1 Å². The lowest BCUT2D eigenvalue weighted by Crippen LogP contribution is -2.29. The summed E-state index contributed by atoms with van der Waals surface area (Å²) in [7, 11) is 0. The average Bonchev–Trinajstić information content (AvgIpc) is 3.06. The zero-order valence-corrected chi connectivity index (χ0v) is 12.7. The standard InChI is InChI=1S/C18H19N3O2/c22-9-7-16(14-4-2-1-3-5-14)11-20-18(23)15-6-8-21-13-19-12-17(21)10-15/h1-6,8,10,12-13,16,22H,7,9,11H2,(H,20,23).